The largest absolute Gasteiger partial charge is 0.295 e. The van der Waals surface area contributed by atoms with Gasteiger partial charge in [0.2, 0.25) is 0 Å². The van der Waals surface area contributed by atoms with Crippen molar-refractivity contribution in [1.82, 2.24) is 10.3 Å². The minimum Gasteiger partial charge on any atom is -0.295 e. The first kappa shape index (κ1) is 9.48. The Morgan fingerprint density at radius 3 is 2.92 bits per heavy atom. The molecule has 4 nitrogen and oxygen atoms in total. The van der Waals surface area contributed by atoms with E-state index >= 15 is 0 Å². The molecule has 0 saturated carbocycles. The van der Waals surface area contributed by atoms with E-state index in [1.54, 1.807) is 0 Å². The predicted molar refractivity (Wildman–Crippen MR) is 47.2 cm³/mol. The van der Waals surface area contributed by atoms with Crippen LogP contribution in [0.15, 0.2) is 0 Å². The van der Waals surface area contributed by atoms with Gasteiger partial charge in [-0.3, -0.25) is 15.1 Å². The molecule has 0 spiro atoms. The maximum Gasteiger partial charge on any atom is 0.251 e. The van der Waals surface area contributed by atoms with Gasteiger partial charge in [0.05, 0.1) is 6.04 Å². The number of nitrogens with one attached hydrogen (secondary N) is 1. The van der Waals surface area contributed by atoms with Crippen molar-refractivity contribution in [3.63, 3.8) is 0 Å². The minimum atomic E-state index is -0.0561. The summed E-state index contributed by atoms with van der Waals surface area (Å²) in [6, 6.07) is -0.0162. The smallest absolute Gasteiger partial charge is 0.251 e. The highest BCUT2D eigenvalue weighted by Crippen LogP contribution is 2.14. The third kappa shape index (κ3) is 2.19. The molecule has 1 atom stereocenters. The molecule has 1 saturated heterocycles. The van der Waals surface area contributed by atoms with E-state index < -0.39 is 0 Å². The summed E-state index contributed by atoms with van der Waals surface area (Å²) in [6.45, 7) is 0.998. The van der Waals surface area contributed by atoms with Gasteiger partial charge in [-0.1, -0.05) is 12.8 Å². The number of hydrogen-bond donors (Lipinski definition) is 2. The van der Waals surface area contributed by atoms with E-state index in [0.29, 0.717) is 0 Å². The van der Waals surface area contributed by atoms with Crippen LogP contribution in [0.25, 0.3) is 0 Å². The summed E-state index contributed by atoms with van der Waals surface area (Å²) in [6.07, 6.45) is 4.46. The van der Waals surface area contributed by atoms with E-state index in [4.69, 9.17) is 5.84 Å². The molecule has 3 N–H and O–H groups in total. The lowest BCUT2D eigenvalue weighted by molar-refractivity contribution is -0.126. The summed E-state index contributed by atoms with van der Waals surface area (Å²) in [7, 11) is 1.98. The highest BCUT2D eigenvalue weighted by molar-refractivity contribution is 5.81. The maximum absolute atomic E-state index is 11.3. The molecule has 1 fully saturated rings. The van der Waals surface area contributed by atoms with Gasteiger partial charge < -0.3 is 0 Å². The quantitative estimate of drug-likeness (QED) is 0.328. The average Bonchev–Trinajstić information content (AvgIpc) is 2.28. The van der Waals surface area contributed by atoms with Crippen molar-refractivity contribution in [2.24, 2.45) is 5.84 Å². The molecule has 1 rings (SSSR count). The second-order valence-corrected chi connectivity index (χ2v) is 3.35. The second kappa shape index (κ2) is 4.42. The number of hydrazine groups is 1. The number of hydrogen-bond acceptors (Lipinski definition) is 3. The molecule has 1 aliphatic heterocycles. The molecule has 0 bridgehead atoms. The van der Waals surface area contributed by atoms with Crippen LogP contribution in [0.4, 0.5) is 0 Å². The van der Waals surface area contributed by atoms with Crippen molar-refractivity contribution in [3.05, 3.63) is 0 Å². The molecule has 1 amide bonds. The Morgan fingerprint density at radius 1 is 1.50 bits per heavy atom. The van der Waals surface area contributed by atoms with Crippen LogP contribution in [0, 0.1) is 0 Å². The fourth-order valence-electron chi connectivity index (χ4n) is 1.68. The van der Waals surface area contributed by atoms with Crippen molar-refractivity contribution in [3.8, 4) is 0 Å². The lowest BCUT2D eigenvalue weighted by Crippen LogP contribution is -2.47. The first-order valence-corrected chi connectivity index (χ1v) is 4.46. The van der Waals surface area contributed by atoms with Crippen LogP contribution in [0.3, 0.4) is 0 Å². The van der Waals surface area contributed by atoms with Crippen molar-refractivity contribution in [2.45, 2.75) is 31.7 Å². The summed E-state index contributed by atoms with van der Waals surface area (Å²) in [5.41, 5.74) is 2.21. The van der Waals surface area contributed by atoms with E-state index in [0.717, 1.165) is 19.4 Å². The number of likely N-dealkylation sites (N-methyl/N-ethyl adjacent to an activating group) is 1. The Kier molecular flexibility index (Phi) is 3.49. The molecule has 1 unspecified atom stereocenters. The number of carbonyl (C=O) groups excluding carboxylic acids is 1. The van der Waals surface area contributed by atoms with Crippen molar-refractivity contribution >= 4 is 5.91 Å². The van der Waals surface area contributed by atoms with E-state index in [1.807, 2.05) is 7.05 Å². The fourth-order valence-corrected chi connectivity index (χ4v) is 1.68. The van der Waals surface area contributed by atoms with E-state index in [2.05, 4.69) is 10.3 Å². The highest BCUT2D eigenvalue weighted by atomic mass is 16.2. The van der Waals surface area contributed by atoms with Gasteiger partial charge in [-0.2, -0.15) is 0 Å². The zero-order chi connectivity index (χ0) is 8.97. The van der Waals surface area contributed by atoms with Crippen LogP contribution < -0.4 is 11.3 Å². The standard InChI is InChI=1S/C8H17N3O/c1-11-6-4-2-3-5-7(11)8(12)10-9/h7H,2-6,9H2,1H3,(H,10,12). The van der Waals surface area contributed by atoms with Crippen LogP contribution in [-0.4, -0.2) is 30.4 Å². The molecule has 12 heavy (non-hydrogen) atoms. The molecule has 0 aromatic carbocycles. The fraction of sp³-hybridized carbons (Fsp3) is 0.875. The van der Waals surface area contributed by atoms with Gasteiger partial charge in [-0.05, 0) is 26.4 Å². The van der Waals surface area contributed by atoms with E-state index in [1.165, 1.54) is 12.8 Å². The Balaban J connectivity index is 2.52. The summed E-state index contributed by atoms with van der Waals surface area (Å²) >= 11 is 0. The van der Waals surface area contributed by atoms with Crippen molar-refractivity contribution in [2.75, 3.05) is 13.6 Å². The molecule has 1 aliphatic rings. The molecular formula is C8H17N3O. The van der Waals surface area contributed by atoms with Gasteiger partial charge in [-0.15, -0.1) is 0 Å². The van der Waals surface area contributed by atoms with Crippen LogP contribution in [-0.2, 0) is 4.79 Å². The van der Waals surface area contributed by atoms with Gasteiger partial charge >= 0.3 is 0 Å². The monoisotopic (exact) mass is 171 g/mol. The second-order valence-electron chi connectivity index (χ2n) is 3.35. The first-order chi connectivity index (χ1) is 5.75. The van der Waals surface area contributed by atoms with Gasteiger partial charge in [0, 0.05) is 0 Å². The molecule has 0 aliphatic carbocycles. The van der Waals surface area contributed by atoms with Crippen molar-refractivity contribution < 1.29 is 4.79 Å². The van der Waals surface area contributed by atoms with Crippen molar-refractivity contribution in [1.29, 1.82) is 0 Å². The molecule has 1 heterocycles. The van der Waals surface area contributed by atoms with Crippen LogP contribution in [0.2, 0.25) is 0 Å². The molecule has 70 valence electrons. The normalized spacial score (nSPS) is 26.3. The Hall–Kier alpha value is -0.610. The maximum atomic E-state index is 11.3. The topological polar surface area (TPSA) is 58.4 Å². The molecular weight excluding hydrogens is 154 g/mol. The average molecular weight is 171 g/mol. The number of nitrogens with two attached hydrogens (primary N) is 1. The number of rotatable bonds is 1. The summed E-state index contributed by atoms with van der Waals surface area (Å²) < 4.78 is 0. The van der Waals surface area contributed by atoms with Crippen LogP contribution >= 0.6 is 0 Å². The third-order valence-corrected chi connectivity index (χ3v) is 2.47. The van der Waals surface area contributed by atoms with Gasteiger partial charge in [0.1, 0.15) is 0 Å². The van der Waals surface area contributed by atoms with Gasteiger partial charge in [-0.25, -0.2) is 5.84 Å². The lowest BCUT2D eigenvalue weighted by Gasteiger charge is -2.23. The van der Waals surface area contributed by atoms with Crippen LogP contribution in [0.1, 0.15) is 25.7 Å². The van der Waals surface area contributed by atoms with Gasteiger partial charge in [0.25, 0.3) is 5.91 Å². The number of likely N-dealkylation sites (tertiary alicyclic amines) is 1. The summed E-state index contributed by atoms with van der Waals surface area (Å²) in [5.74, 6) is 5.03. The highest BCUT2D eigenvalue weighted by Gasteiger charge is 2.23. The molecule has 0 aromatic heterocycles. The number of amides is 1. The Morgan fingerprint density at radius 2 is 2.25 bits per heavy atom. The van der Waals surface area contributed by atoms with E-state index in [-0.39, 0.29) is 11.9 Å². The molecule has 4 heteroatoms. The predicted octanol–water partition coefficient (Wildman–Crippen LogP) is -0.149. The van der Waals surface area contributed by atoms with Gasteiger partial charge in [0.15, 0.2) is 0 Å². The third-order valence-electron chi connectivity index (χ3n) is 2.47. The minimum absolute atomic E-state index is 0.0162. The Labute approximate surface area is 73.1 Å². The van der Waals surface area contributed by atoms with Crippen LogP contribution in [0.5, 0.6) is 0 Å². The SMILES string of the molecule is CN1CCCCCC1C(=O)NN. The zero-order valence-electron chi connectivity index (χ0n) is 7.55. The summed E-state index contributed by atoms with van der Waals surface area (Å²) in [4.78, 5) is 13.3. The van der Waals surface area contributed by atoms with E-state index in [9.17, 15) is 4.79 Å². The lowest BCUT2D eigenvalue weighted by atomic mass is 10.1. The Bertz CT molecular complexity index is 160. The summed E-state index contributed by atoms with van der Waals surface area (Å²) in [5, 5.41) is 0. The first-order valence-electron chi connectivity index (χ1n) is 4.46. The molecule has 0 radical (unpaired) electrons. The molecule has 0 aromatic rings. The number of nitrogens with zero attached hydrogens (tertiary/aromatic N) is 1. The number of carbonyl (C=O) groups is 1. The zero-order valence-corrected chi connectivity index (χ0v) is 7.55.